The molecule has 1 fully saturated rings. The molecular formula is C24H28N4O. The van der Waals surface area contributed by atoms with E-state index in [4.69, 9.17) is 5.73 Å². The molecule has 29 heavy (non-hydrogen) atoms. The monoisotopic (exact) mass is 388 g/mol. The van der Waals surface area contributed by atoms with Crippen molar-refractivity contribution >= 4 is 28.2 Å². The molecule has 2 heterocycles. The number of amides is 1. The molecule has 1 aliphatic heterocycles. The Hall–Kier alpha value is -2.92. The molecule has 5 heteroatoms. The second-order valence-electron chi connectivity index (χ2n) is 7.86. The molecule has 0 aliphatic carbocycles. The molecule has 1 saturated heterocycles. The molecule has 3 aromatic rings. The molecule has 0 spiro atoms. The van der Waals surface area contributed by atoms with Gasteiger partial charge in [0.15, 0.2) is 0 Å². The van der Waals surface area contributed by atoms with Crippen LogP contribution in [0.5, 0.6) is 0 Å². The first-order valence-corrected chi connectivity index (χ1v) is 10.4. The van der Waals surface area contributed by atoms with Crippen LogP contribution in [0.3, 0.4) is 0 Å². The van der Waals surface area contributed by atoms with Crippen LogP contribution in [0.2, 0.25) is 0 Å². The molecule has 2 aromatic carbocycles. The molecular weight excluding hydrogens is 360 g/mol. The Kier molecular flexibility index (Phi) is 5.76. The minimum Gasteiger partial charge on any atom is -0.398 e. The number of fused-ring (bicyclic) bond motifs is 1. The van der Waals surface area contributed by atoms with Crippen molar-refractivity contribution in [1.82, 2.24) is 9.88 Å². The lowest BCUT2D eigenvalue weighted by atomic mass is 10.1. The van der Waals surface area contributed by atoms with Crippen LogP contribution in [-0.4, -0.2) is 34.9 Å². The number of carbonyl (C=O) groups is 1. The molecule has 4 rings (SSSR count). The van der Waals surface area contributed by atoms with Crippen molar-refractivity contribution in [3.8, 4) is 0 Å². The van der Waals surface area contributed by atoms with Gasteiger partial charge in [0.25, 0.3) is 0 Å². The summed E-state index contributed by atoms with van der Waals surface area (Å²) in [5.74, 6) is 0.0696. The summed E-state index contributed by atoms with van der Waals surface area (Å²) in [6.45, 7) is 3.86. The number of likely N-dealkylation sites (tertiary alicyclic amines) is 1. The van der Waals surface area contributed by atoms with Crippen LogP contribution in [-0.2, 0) is 11.2 Å². The third kappa shape index (κ3) is 4.57. The maximum absolute atomic E-state index is 12.9. The smallest absolute Gasteiger partial charge is 0.241 e. The molecule has 5 nitrogen and oxygen atoms in total. The predicted molar refractivity (Wildman–Crippen MR) is 119 cm³/mol. The predicted octanol–water partition coefficient (Wildman–Crippen LogP) is 4.16. The van der Waals surface area contributed by atoms with Gasteiger partial charge < -0.3 is 11.1 Å². The van der Waals surface area contributed by atoms with Crippen molar-refractivity contribution in [3.63, 3.8) is 0 Å². The van der Waals surface area contributed by atoms with Crippen LogP contribution in [0.25, 0.3) is 10.9 Å². The summed E-state index contributed by atoms with van der Waals surface area (Å²) in [6, 6.07) is 18.1. The van der Waals surface area contributed by atoms with E-state index in [2.05, 4.69) is 39.5 Å². The number of benzene rings is 2. The first-order chi connectivity index (χ1) is 14.1. The third-order valence-electron chi connectivity index (χ3n) is 5.66. The van der Waals surface area contributed by atoms with Crippen molar-refractivity contribution in [2.24, 2.45) is 0 Å². The Morgan fingerprint density at radius 1 is 1.21 bits per heavy atom. The van der Waals surface area contributed by atoms with Gasteiger partial charge in [0.1, 0.15) is 0 Å². The number of pyridine rings is 1. The summed E-state index contributed by atoms with van der Waals surface area (Å²) in [5, 5.41) is 3.97. The lowest BCUT2D eigenvalue weighted by Crippen LogP contribution is -2.40. The molecule has 0 unspecified atom stereocenters. The van der Waals surface area contributed by atoms with Crippen LogP contribution in [0.4, 0.5) is 11.4 Å². The van der Waals surface area contributed by atoms with Gasteiger partial charge >= 0.3 is 0 Å². The van der Waals surface area contributed by atoms with Crippen molar-refractivity contribution in [2.75, 3.05) is 24.1 Å². The highest BCUT2D eigenvalue weighted by molar-refractivity contribution is 5.99. The van der Waals surface area contributed by atoms with Crippen LogP contribution in [0.1, 0.15) is 30.5 Å². The van der Waals surface area contributed by atoms with Gasteiger partial charge in [-0.3, -0.25) is 14.7 Å². The molecule has 0 saturated carbocycles. The number of aromatic nitrogens is 1. The number of nitrogens with zero attached hydrogens (tertiary/aromatic N) is 2. The Morgan fingerprint density at radius 2 is 2.03 bits per heavy atom. The van der Waals surface area contributed by atoms with Gasteiger partial charge in [-0.05, 0) is 75.5 Å². The largest absolute Gasteiger partial charge is 0.398 e. The lowest BCUT2D eigenvalue weighted by molar-refractivity contribution is -0.120. The number of carbonyl (C=O) groups excluding carboxylic acids is 1. The maximum Gasteiger partial charge on any atom is 0.241 e. The van der Waals surface area contributed by atoms with Crippen LogP contribution in [0.15, 0.2) is 54.6 Å². The second-order valence-corrected chi connectivity index (χ2v) is 7.86. The third-order valence-corrected chi connectivity index (χ3v) is 5.66. The zero-order valence-corrected chi connectivity index (χ0v) is 16.9. The summed E-state index contributed by atoms with van der Waals surface area (Å²) in [5.41, 5.74) is 10.7. The molecule has 1 aromatic heterocycles. The van der Waals surface area contributed by atoms with E-state index in [9.17, 15) is 4.79 Å². The number of aryl methyl sites for hydroxylation is 2. The van der Waals surface area contributed by atoms with Crippen molar-refractivity contribution in [2.45, 2.75) is 38.6 Å². The highest BCUT2D eigenvalue weighted by atomic mass is 16.2. The van der Waals surface area contributed by atoms with Crippen molar-refractivity contribution < 1.29 is 4.79 Å². The van der Waals surface area contributed by atoms with Crippen molar-refractivity contribution in [1.29, 1.82) is 0 Å². The lowest BCUT2D eigenvalue weighted by Gasteiger charge is -2.23. The minimum atomic E-state index is -0.0602. The topological polar surface area (TPSA) is 71.2 Å². The van der Waals surface area contributed by atoms with Gasteiger partial charge in [-0.25, -0.2) is 0 Å². The minimum absolute atomic E-state index is 0.0602. The fraction of sp³-hybridized carbons (Fsp3) is 0.333. The highest BCUT2D eigenvalue weighted by Gasteiger charge is 2.30. The van der Waals surface area contributed by atoms with E-state index < -0.39 is 0 Å². The molecule has 150 valence electrons. The summed E-state index contributed by atoms with van der Waals surface area (Å²) in [4.78, 5) is 19.8. The maximum atomic E-state index is 12.9. The quantitative estimate of drug-likeness (QED) is 0.665. The van der Waals surface area contributed by atoms with E-state index in [1.165, 1.54) is 5.56 Å². The summed E-state index contributed by atoms with van der Waals surface area (Å²) >= 11 is 0. The first-order valence-electron chi connectivity index (χ1n) is 10.4. The molecule has 0 bridgehead atoms. The summed E-state index contributed by atoms with van der Waals surface area (Å²) < 4.78 is 0. The standard InChI is InChI=1S/C24H28N4O/c1-17-15-21(25)20-16-19(11-12-22(20)26-17)27-24(29)23-10-6-14-28(23)13-5-9-18-7-3-2-4-8-18/h2-4,7-8,11-12,15-16,23H,5-6,9-10,13-14H2,1H3,(H2,25,26)(H,27,29)/t23-/m0/s1. The molecule has 3 N–H and O–H groups in total. The summed E-state index contributed by atoms with van der Waals surface area (Å²) in [6.07, 6.45) is 4.08. The normalized spacial score (nSPS) is 16.9. The summed E-state index contributed by atoms with van der Waals surface area (Å²) in [7, 11) is 0. The van der Waals surface area contributed by atoms with Gasteiger partial charge in [0.05, 0.1) is 11.6 Å². The second kappa shape index (κ2) is 8.62. The fourth-order valence-electron chi connectivity index (χ4n) is 4.21. The number of nitrogens with two attached hydrogens (primary N) is 1. The van der Waals surface area contributed by atoms with Crippen molar-refractivity contribution in [3.05, 3.63) is 65.9 Å². The van der Waals surface area contributed by atoms with Gasteiger partial charge in [-0.1, -0.05) is 30.3 Å². The Balaban J connectivity index is 1.38. The molecule has 0 radical (unpaired) electrons. The van der Waals surface area contributed by atoms with E-state index in [1.54, 1.807) is 0 Å². The number of nitrogens with one attached hydrogen (secondary N) is 1. The zero-order chi connectivity index (χ0) is 20.2. The molecule has 1 atom stereocenters. The van der Waals surface area contributed by atoms with E-state index >= 15 is 0 Å². The van der Waals surface area contributed by atoms with Gasteiger partial charge in [-0.2, -0.15) is 0 Å². The molecule has 1 amide bonds. The average Bonchev–Trinajstić information content (AvgIpc) is 3.18. The number of rotatable bonds is 6. The van der Waals surface area contributed by atoms with Crippen LogP contribution < -0.4 is 11.1 Å². The highest BCUT2D eigenvalue weighted by Crippen LogP contribution is 2.25. The van der Waals surface area contributed by atoms with E-state index in [-0.39, 0.29) is 11.9 Å². The van der Waals surface area contributed by atoms with Crippen LogP contribution >= 0.6 is 0 Å². The SMILES string of the molecule is Cc1cc(N)c2cc(NC(=O)[C@@H]3CCCN3CCCc3ccccc3)ccc2n1. The number of hydrogen-bond donors (Lipinski definition) is 2. The fourth-order valence-corrected chi connectivity index (χ4v) is 4.21. The van der Waals surface area contributed by atoms with E-state index in [0.717, 1.165) is 61.1 Å². The number of hydrogen-bond acceptors (Lipinski definition) is 4. The average molecular weight is 389 g/mol. The van der Waals surface area contributed by atoms with E-state index in [0.29, 0.717) is 5.69 Å². The Bertz CT molecular complexity index is 1000. The number of anilines is 2. The molecule has 1 aliphatic rings. The zero-order valence-electron chi connectivity index (χ0n) is 16.9. The van der Waals surface area contributed by atoms with Gasteiger partial charge in [0.2, 0.25) is 5.91 Å². The van der Waals surface area contributed by atoms with Gasteiger partial charge in [0, 0.05) is 22.5 Å². The number of nitrogen functional groups attached to an aromatic ring is 1. The Morgan fingerprint density at radius 3 is 2.86 bits per heavy atom. The van der Waals surface area contributed by atoms with Gasteiger partial charge in [-0.15, -0.1) is 0 Å². The van der Waals surface area contributed by atoms with Crippen LogP contribution in [0, 0.1) is 6.92 Å². The Labute approximate surface area is 171 Å². The first kappa shape index (κ1) is 19.4. The van der Waals surface area contributed by atoms with E-state index in [1.807, 2.05) is 37.3 Å².